The number of hydrogen-bond acceptors (Lipinski definition) is 6. The number of fused-ring (bicyclic) bond motifs is 1. The van der Waals surface area contributed by atoms with E-state index in [4.69, 9.17) is 14.2 Å². The van der Waals surface area contributed by atoms with Gasteiger partial charge in [0, 0.05) is 0 Å². The molecule has 0 aromatic rings. The van der Waals surface area contributed by atoms with Crippen LogP contribution in [-0.4, -0.2) is 71.8 Å². The summed E-state index contributed by atoms with van der Waals surface area (Å²) in [4.78, 5) is 0. The van der Waals surface area contributed by atoms with Gasteiger partial charge in [0.15, 0.2) is 0 Å². The second-order valence-electron chi connectivity index (χ2n) is 8.10. The van der Waals surface area contributed by atoms with Crippen LogP contribution in [0.15, 0.2) is 0 Å². The molecule has 0 saturated carbocycles. The lowest BCUT2D eigenvalue weighted by Gasteiger charge is -2.27. The van der Waals surface area contributed by atoms with Crippen molar-refractivity contribution in [1.82, 2.24) is 0 Å². The average molecular weight is 389 g/mol. The van der Waals surface area contributed by atoms with E-state index in [1.54, 1.807) is 0 Å². The van der Waals surface area contributed by atoms with Gasteiger partial charge in [-0.05, 0) is 6.42 Å². The van der Waals surface area contributed by atoms with Gasteiger partial charge >= 0.3 is 0 Å². The standard InChI is InChI=1S/C21H40O6/c1-2-3-4-5-6-7-8-9-10-11-12-18(16(23)13-22)27-19-15-26-20-17(24)14-25-21(19)20/h16-24H,2-15H2,1H3/t16?,17-,18?,19+,20-,21-/m1/s1. The molecule has 6 heteroatoms. The molecule has 2 aliphatic heterocycles. The maximum atomic E-state index is 10.1. The highest BCUT2D eigenvalue weighted by molar-refractivity contribution is 4.95. The summed E-state index contributed by atoms with van der Waals surface area (Å²) < 4.78 is 17.2. The summed E-state index contributed by atoms with van der Waals surface area (Å²) in [5, 5.41) is 29.3. The predicted octanol–water partition coefficient (Wildman–Crippen LogP) is 2.56. The van der Waals surface area contributed by atoms with Gasteiger partial charge in [-0.2, -0.15) is 0 Å². The zero-order valence-corrected chi connectivity index (χ0v) is 16.9. The van der Waals surface area contributed by atoms with E-state index in [1.807, 2.05) is 0 Å². The molecule has 2 fully saturated rings. The lowest BCUT2D eigenvalue weighted by Crippen LogP contribution is -2.40. The lowest BCUT2D eigenvalue weighted by molar-refractivity contribution is -0.122. The van der Waals surface area contributed by atoms with Crippen molar-refractivity contribution in [2.45, 2.75) is 114 Å². The Bertz CT molecular complexity index is 380. The Labute approximate surface area is 164 Å². The summed E-state index contributed by atoms with van der Waals surface area (Å²) in [5.74, 6) is 0. The second kappa shape index (κ2) is 13.1. The van der Waals surface area contributed by atoms with Gasteiger partial charge in [0.05, 0.1) is 25.9 Å². The molecule has 160 valence electrons. The normalized spacial score (nSPS) is 29.8. The number of ether oxygens (including phenoxy) is 3. The third kappa shape index (κ3) is 7.59. The third-order valence-electron chi connectivity index (χ3n) is 5.79. The summed E-state index contributed by atoms with van der Waals surface area (Å²) in [6.45, 7) is 2.56. The van der Waals surface area contributed by atoms with Crippen LogP contribution in [0.25, 0.3) is 0 Å². The molecular formula is C21H40O6. The molecule has 2 heterocycles. The number of aliphatic hydroxyl groups is 3. The summed E-state index contributed by atoms with van der Waals surface area (Å²) >= 11 is 0. The number of unbranched alkanes of at least 4 members (excludes halogenated alkanes) is 9. The molecule has 2 saturated heterocycles. The van der Waals surface area contributed by atoms with Crippen LogP contribution in [0.2, 0.25) is 0 Å². The topological polar surface area (TPSA) is 88.4 Å². The van der Waals surface area contributed by atoms with E-state index < -0.39 is 18.3 Å². The van der Waals surface area contributed by atoms with Gasteiger partial charge in [-0.3, -0.25) is 0 Å². The van der Waals surface area contributed by atoms with Crippen molar-refractivity contribution in [2.24, 2.45) is 0 Å². The number of rotatable bonds is 15. The Morgan fingerprint density at radius 2 is 1.48 bits per heavy atom. The quantitative estimate of drug-likeness (QED) is 0.374. The van der Waals surface area contributed by atoms with Crippen molar-refractivity contribution >= 4 is 0 Å². The van der Waals surface area contributed by atoms with Crippen LogP contribution in [0.3, 0.4) is 0 Å². The third-order valence-corrected chi connectivity index (χ3v) is 5.79. The van der Waals surface area contributed by atoms with Crippen LogP contribution in [0.1, 0.15) is 77.6 Å². The predicted molar refractivity (Wildman–Crippen MR) is 104 cm³/mol. The van der Waals surface area contributed by atoms with Crippen LogP contribution in [0.5, 0.6) is 0 Å². The summed E-state index contributed by atoms with van der Waals surface area (Å²) in [7, 11) is 0. The van der Waals surface area contributed by atoms with Crippen molar-refractivity contribution in [3.8, 4) is 0 Å². The Balaban J connectivity index is 1.59. The van der Waals surface area contributed by atoms with E-state index >= 15 is 0 Å². The van der Waals surface area contributed by atoms with Crippen LogP contribution in [0, 0.1) is 0 Å². The summed E-state index contributed by atoms with van der Waals surface area (Å²) in [6.07, 6.45) is 10.5. The van der Waals surface area contributed by atoms with Crippen molar-refractivity contribution in [2.75, 3.05) is 19.8 Å². The maximum Gasteiger partial charge on any atom is 0.115 e. The van der Waals surface area contributed by atoms with E-state index in [0.29, 0.717) is 13.0 Å². The number of hydrogen-bond donors (Lipinski definition) is 3. The van der Waals surface area contributed by atoms with Gasteiger partial charge in [0.25, 0.3) is 0 Å². The summed E-state index contributed by atoms with van der Waals surface area (Å²) in [5.41, 5.74) is 0. The average Bonchev–Trinajstić information content (AvgIpc) is 3.25. The molecule has 0 aliphatic carbocycles. The molecule has 0 aromatic carbocycles. The molecule has 3 N–H and O–H groups in total. The summed E-state index contributed by atoms with van der Waals surface area (Å²) in [6, 6.07) is 0. The maximum absolute atomic E-state index is 10.1. The van der Waals surface area contributed by atoms with Crippen LogP contribution >= 0.6 is 0 Å². The molecule has 2 unspecified atom stereocenters. The highest BCUT2D eigenvalue weighted by Crippen LogP contribution is 2.30. The molecule has 6 atom stereocenters. The van der Waals surface area contributed by atoms with Gasteiger partial charge in [-0.25, -0.2) is 0 Å². The van der Waals surface area contributed by atoms with Gasteiger partial charge in [0.1, 0.15) is 30.5 Å². The van der Waals surface area contributed by atoms with Gasteiger partial charge < -0.3 is 29.5 Å². The molecule has 2 rings (SSSR count). The van der Waals surface area contributed by atoms with E-state index in [1.165, 1.54) is 51.4 Å². The van der Waals surface area contributed by atoms with Crippen molar-refractivity contribution in [3.05, 3.63) is 0 Å². The zero-order chi connectivity index (χ0) is 19.5. The molecule has 27 heavy (non-hydrogen) atoms. The minimum atomic E-state index is -0.894. The van der Waals surface area contributed by atoms with Crippen molar-refractivity contribution in [1.29, 1.82) is 0 Å². The Kier molecular flexibility index (Phi) is 11.2. The van der Waals surface area contributed by atoms with Crippen molar-refractivity contribution in [3.63, 3.8) is 0 Å². The molecule has 0 amide bonds. The Morgan fingerprint density at radius 3 is 2.11 bits per heavy atom. The minimum Gasteiger partial charge on any atom is -0.394 e. The first-order valence-corrected chi connectivity index (χ1v) is 11.0. The van der Waals surface area contributed by atoms with Gasteiger partial charge in [0.2, 0.25) is 0 Å². The fourth-order valence-corrected chi connectivity index (χ4v) is 4.09. The minimum absolute atomic E-state index is 0.265. The molecule has 6 nitrogen and oxygen atoms in total. The van der Waals surface area contributed by atoms with Crippen molar-refractivity contribution < 1.29 is 29.5 Å². The van der Waals surface area contributed by atoms with Crippen LogP contribution < -0.4 is 0 Å². The lowest BCUT2D eigenvalue weighted by atomic mass is 10.0. The first kappa shape index (κ1) is 23.0. The van der Waals surface area contributed by atoms with E-state index in [-0.39, 0.29) is 31.5 Å². The largest absolute Gasteiger partial charge is 0.394 e. The zero-order valence-electron chi connectivity index (χ0n) is 16.9. The first-order valence-electron chi connectivity index (χ1n) is 11.0. The highest BCUT2D eigenvalue weighted by atomic mass is 16.6. The SMILES string of the molecule is CCCCCCCCCCCCC(O[C@H]1CO[C@H]2[C@@H]1OC[C@H]2O)C(O)CO. The monoisotopic (exact) mass is 388 g/mol. The Morgan fingerprint density at radius 1 is 0.889 bits per heavy atom. The van der Waals surface area contributed by atoms with Crippen LogP contribution in [0.4, 0.5) is 0 Å². The molecular weight excluding hydrogens is 348 g/mol. The molecule has 0 radical (unpaired) electrons. The van der Waals surface area contributed by atoms with Gasteiger partial charge in [-0.1, -0.05) is 71.1 Å². The van der Waals surface area contributed by atoms with Crippen LogP contribution in [-0.2, 0) is 14.2 Å². The fourth-order valence-electron chi connectivity index (χ4n) is 4.09. The van der Waals surface area contributed by atoms with Gasteiger partial charge in [-0.15, -0.1) is 0 Å². The fraction of sp³-hybridized carbons (Fsp3) is 1.00. The second-order valence-corrected chi connectivity index (χ2v) is 8.10. The molecule has 0 aromatic heterocycles. The van der Waals surface area contributed by atoms with E-state index in [0.717, 1.165) is 12.8 Å². The van der Waals surface area contributed by atoms with E-state index in [2.05, 4.69) is 6.92 Å². The molecule has 0 spiro atoms. The first-order chi connectivity index (χ1) is 13.2. The molecule has 0 bridgehead atoms. The highest BCUT2D eigenvalue weighted by Gasteiger charge is 2.48. The van der Waals surface area contributed by atoms with E-state index in [9.17, 15) is 15.3 Å². The Hall–Kier alpha value is -0.240. The number of aliphatic hydroxyl groups excluding tert-OH is 3. The smallest absolute Gasteiger partial charge is 0.115 e. The molecule has 2 aliphatic rings.